The van der Waals surface area contributed by atoms with E-state index in [0.717, 1.165) is 5.56 Å². The lowest BCUT2D eigenvalue weighted by atomic mass is 10.1. The van der Waals surface area contributed by atoms with Crippen molar-refractivity contribution in [3.05, 3.63) is 52.5 Å². The third-order valence-corrected chi connectivity index (χ3v) is 4.24. The van der Waals surface area contributed by atoms with E-state index in [1.54, 1.807) is 6.07 Å². The number of ether oxygens (including phenoxy) is 3. The predicted octanol–water partition coefficient (Wildman–Crippen LogP) is 2.47. The number of primary amides is 1. The Morgan fingerprint density at radius 2 is 1.93 bits per heavy atom. The summed E-state index contributed by atoms with van der Waals surface area (Å²) in [5.74, 6) is 0.520. The highest BCUT2D eigenvalue weighted by Crippen LogP contribution is 2.32. The molecule has 0 aliphatic carbocycles. The highest BCUT2D eigenvalue weighted by atomic mass is 35.5. The van der Waals surface area contributed by atoms with Gasteiger partial charge in [-0.1, -0.05) is 17.7 Å². The summed E-state index contributed by atoms with van der Waals surface area (Å²) >= 11 is 5.85. The first-order chi connectivity index (χ1) is 12.9. The summed E-state index contributed by atoms with van der Waals surface area (Å²) in [5, 5.41) is 3.19. The first-order valence-electron chi connectivity index (χ1n) is 8.35. The molecule has 0 fully saturated rings. The smallest absolute Gasteiger partial charge is 0.258 e. The van der Waals surface area contributed by atoms with Gasteiger partial charge in [0.15, 0.2) is 18.1 Å². The summed E-state index contributed by atoms with van der Waals surface area (Å²) in [6.45, 7) is 2.60. The van der Waals surface area contributed by atoms with Crippen LogP contribution >= 0.6 is 11.6 Å². The van der Waals surface area contributed by atoms with Crippen molar-refractivity contribution in [1.29, 1.82) is 0 Å². The van der Waals surface area contributed by atoms with Crippen LogP contribution in [-0.2, 0) is 4.79 Å². The van der Waals surface area contributed by atoms with Gasteiger partial charge >= 0.3 is 0 Å². The third kappa shape index (κ3) is 4.62. The number of rotatable bonds is 6. The fraction of sp³-hybridized carbons (Fsp3) is 0.263. The van der Waals surface area contributed by atoms with Crippen LogP contribution < -0.4 is 25.3 Å². The molecule has 142 valence electrons. The van der Waals surface area contributed by atoms with Gasteiger partial charge in [-0.3, -0.25) is 9.59 Å². The number of hydrogen-bond donors (Lipinski definition) is 2. The molecule has 0 spiro atoms. The summed E-state index contributed by atoms with van der Waals surface area (Å²) < 4.78 is 16.5. The lowest BCUT2D eigenvalue weighted by Gasteiger charge is -2.21. The maximum atomic E-state index is 12.2. The molecule has 1 aliphatic rings. The van der Waals surface area contributed by atoms with Gasteiger partial charge in [0.1, 0.15) is 19.0 Å². The Balaban J connectivity index is 1.60. The summed E-state index contributed by atoms with van der Waals surface area (Å²) in [7, 11) is 0. The van der Waals surface area contributed by atoms with Crippen LogP contribution in [0.4, 0.5) is 0 Å². The van der Waals surface area contributed by atoms with Crippen LogP contribution in [-0.4, -0.2) is 31.6 Å². The van der Waals surface area contributed by atoms with E-state index in [1.165, 1.54) is 12.1 Å². The number of nitrogens with two attached hydrogens (primary N) is 1. The molecule has 3 rings (SSSR count). The number of nitrogens with one attached hydrogen (secondary N) is 1. The van der Waals surface area contributed by atoms with Crippen molar-refractivity contribution < 1.29 is 23.8 Å². The topological polar surface area (TPSA) is 99.9 Å². The number of benzene rings is 2. The number of fused-ring (bicyclic) bond motifs is 1. The largest absolute Gasteiger partial charge is 0.486 e. The van der Waals surface area contributed by atoms with Gasteiger partial charge in [0.2, 0.25) is 0 Å². The van der Waals surface area contributed by atoms with Crippen molar-refractivity contribution in [1.82, 2.24) is 5.32 Å². The van der Waals surface area contributed by atoms with E-state index in [2.05, 4.69) is 5.32 Å². The maximum absolute atomic E-state index is 12.2. The van der Waals surface area contributed by atoms with Crippen LogP contribution in [0.15, 0.2) is 36.4 Å². The normalized spacial score (nSPS) is 13.6. The van der Waals surface area contributed by atoms with Gasteiger partial charge in [0.05, 0.1) is 11.6 Å². The molecule has 8 heteroatoms. The zero-order valence-electron chi connectivity index (χ0n) is 14.7. The van der Waals surface area contributed by atoms with E-state index in [0.29, 0.717) is 29.7 Å². The maximum Gasteiger partial charge on any atom is 0.258 e. The Hall–Kier alpha value is -2.93. The van der Waals surface area contributed by atoms with E-state index in [-0.39, 0.29) is 29.9 Å². The average Bonchev–Trinajstić information content (AvgIpc) is 2.66. The summed E-state index contributed by atoms with van der Waals surface area (Å²) in [6.07, 6.45) is 0. The van der Waals surface area contributed by atoms with Gasteiger partial charge < -0.3 is 25.3 Å². The fourth-order valence-corrected chi connectivity index (χ4v) is 2.83. The Labute approximate surface area is 161 Å². The van der Waals surface area contributed by atoms with Gasteiger partial charge in [-0.05, 0) is 42.8 Å². The molecule has 1 heterocycles. The molecule has 2 amide bonds. The number of carbonyl (C=O) groups is 2. The van der Waals surface area contributed by atoms with Crippen molar-refractivity contribution in [3.63, 3.8) is 0 Å². The number of carbonyl (C=O) groups excluding carboxylic acids is 2. The molecule has 0 radical (unpaired) electrons. The second kappa shape index (κ2) is 8.18. The van der Waals surface area contributed by atoms with Crippen LogP contribution in [0.25, 0.3) is 0 Å². The van der Waals surface area contributed by atoms with Crippen LogP contribution in [0, 0.1) is 0 Å². The summed E-state index contributed by atoms with van der Waals surface area (Å²) in [6, 6.07) is 9.70. The summed E-state index contributed by atoms with van der Waals surface area (Å²) in [5.41, 5.74) is 6.29. The number of halogens is 1. The van der Waals surface area contributed by atoms with Gasteiger partial charge in [-0.25, -0.2) is 0 Å². The van der Waals surface area contributed by atoms with Gasteiger partial charge in [0.25, 0.3) is 11.8 Å². The van der Waals surface area contributed by atoms with Gasteiger partial charge in [-0.2, -0.15) is 0 Å². The average molecular weight is 391 g/mol. The van der Waals surface area contributed by atoms with Crippen molar-refractivity contribution in [2.45, 2.75) is 13.0 Å². The predicted molar refractivity (Wildman–Crippen MR) is 99.5 cm³/mol. The van der Waals surface area contributed by atoms with Gasteiger partial charge in [-0.15, -0.1) is 0 Å². The van der Waals surface area contributed by atoms with Crippen LogP contribution in [0.1, 0.15) is 28.9 Å². The van der Waals surface area contributed by atoms with E-state index in [4.69, 9.17) is 31.5 Å². The molecule has 2 aromatic rings. The van der Waals surface area contributed by atoms with E-state index < -0.39 is 5.91 Å². The van der Waals surface area contributed by atoms with E-state index in [1.807, 2.05) is 25.1 Å². The molecule has 7 nitrogen and oxygen atoms in total. The minimum absolute atomic E-state index is 0.121. The SMILES string of the molecule is C[C@H](NC(=O)COc1ccc(Cl)cc1C(N)=O)c1ccc2c(c1)OCCO2. The van der Waals surface area contributed by atoms with Crippen molar-refractivity contribution in [2.24, 2.45) is 5.73 Å². The molecule has 1 aliphatic heterocycles. The first-order valence-corrected chi connectivity index (χ1v) is 8.73. The Morgan fingerprint density at radius 3 is 2.67 bits per heavy atom. The van der Waals surface area contributed by atoms with Crippen molar-refractivity contribution in [2.75, 3.05) is 19.8 Å². The standard InChI is InChI=1S/C19H19ClN2O5/c1-11(12-2-4-16-17(8-12)26-7-6-25-16)22-18(23)10-27-15-5-3-13(20)9-14(15)19(21)24/h2-5,8-9,11H,6-7,10H2,1H3,(H2,21,24)(H,22,23)/t11-/m0/s1. The lowest BCUT2D eigenvalue weighted by molar-refractivity contribution is -0.123. The first kappa shape index (κ1) is 18.8. The Kier molecular flexibility index (Phi) is 5.71. The molecule has 1 atom stereocenters. The second-order valence-corrected chi connectivity index (χ2v) is 6.42. The monoisotopic (exact) mass is 390 g/mol. The van der Waals surface area contributed by atoms with Crippen LogP contribution in [0.5, 0.6) is 17.2 Å². The minimum Gasteiger partial charge on any atom is -0.486 e. The minimum atomic E-state index is -0.683. The molecule has 3 N–H and O–H groups in total. The quantitative estimate of drug-likeness (QED) is 0.789. The van der Waals surface area contributed by atoms with Gasteiger partial charge in [0, 0.05) is 5.02 Å². The highest BCUT2D eigenvalue weighted by Gasteiger charge is 2.17. The number of hydrogen-bond acceptors (Lipinski definition) is 5. The van der Waals surface area contributed by atoms with Crippen LogP contribution in [0.2, 0.25) is 5.02 Å². The molecule has 2 aromatic carbocycles. The molecule has 0 aromatic heterocycles. The molecule has 0 saturated carbocycles. The van der Waals surface area contributed by atoms with E-state index in [9.17, 15) is 9.59 Å². The summed E-state index contributed by atoms with van der Waals surface area (Å²) in [4.78, 5) is 23.7. The lowest BCUT2D eigenvalue weighted by Crippen LogP contribution is -2.31. The Morgan fingerprint density at radius 1 is 1.19 bits per heavy atom. The van der Waals surface area contributed by atoms with Crippen LogP contribution in [0.3, 0.4) is 0 Å². The molecular formula is C19H19ClN2O5. The van der Waals surface area contributed by atoms with Crippen molar-refractivity contribution in [3.8, 4) is 17.2 Å². The fourth-order valence-electron chi connectivity index (χ4n) is 2.66. The molecular weight excluding hydrogens is 372 g/mol. The Bertz CT molecular complexity index is 871. The highest BCUT2D eigenvalue weighted by molar-refractivity contribution is 6.31. The third-order valence-electron chi connectivity index (χ3n) is 4.01. The van der Waals surface area contributed by atoms with Crippen molar-refractivity contribution >= 4 is 23.4 Å². The molecule has 0 bridgehead atoms. The van der Waals surface area contributed by atoms with E-state index >= 15 is 0 Å². The number of amides is 2. The zero-order chi connectivity index (χ0) is 19.4. The zero-order valence-corrected chi connectivity index (χ0v) is 15.4. The second-order valence-electron chi connectivity index (χ2n) is 5.99. The molecule has 0 saturated heterocycles. The molecule has 27 heavy (non-hydrogen) atoms. The molecule has 0 unspecified atom stereocenters.